The molecule has 3 rings (SSSR count). The summed E-state index contributed by atoms with van der Waals surface area (Å²) < 4.78 is 0. The van der Waals surface area contributed by atoms with Crippen LogP contribution in [0, 0.1) is 6.92 Å². The molecule has 19 heavy (non-hydrogen) atoms. The van der Waals surface area contributed by atoms with Crippen molar-refractivity contribution in [1.29, 1.82) is 0 Å². The van der Waals surface area contributed by atoms with E-state index in [0.717, 1.165) is 18.7 Å². The Morgan fingerprint density at radius 3 is 2.79 bits per heavy atom. The van der Waals surface area contributed by atoms with Gasteiger partial charge in [-0.3, -0.25) is 4.90 Å². The van der Waals surface area contributed by atoms with E-state index in [1.54, 1.807) is 11.3 Å². The third-order valence-corrected chi connectivity index (χ3v) is 4.92. The van der Waals surface area contributed by atoms with Crippen LogP contribution in [0.15, 0.2) is 29.8 Å². The van der Waals surface area contributed by atoms with Crippen LogP contribution in [0.3, 0.4) is 0 Å². The van der Waals surface area contributed by atoms with Crippen molar-refractivity contribution in [3.05, 3.63) is 51.5 Å². The molecule has 0 fully saturated rings. The van der Waals surface area contributed by atoms with Crippen LogP contribution >= 0.6 is 11.3 Å². The average Bonchev–Trinajstić information content (AvgIpc) is 2.95. The molecule has 0 bridgehead atoms. The number of hydrogen-bond acceptors (Lipinski definition) is 4. The number of hydrogen-bond donors (Lipinski definition) is 1. The largest absolute Gasteiger partial charge is 0.324 e. The van der Waals surface area contributed by atoms with E-state index in [1.165, 1.54) is 16.0 Å². The summed E-state index contributed by atoms with van der Waals surface area (Å²) in [6.07, 6.45) is 1.01. The lowest BCUT2D eigenvalue weighted by Gasteiger charge is -2.25. The smallest absolute Gasteiger partial charge is 0.0798 e. The second-order valence-electron chi connectivity index (χ2n) is 5.26. The molecule has 1 heterocycles. The van der Waals surface area contributed by atoms with Crippen molar-refractivity contribution in [2.24, 2.45) is 5.73 Å². The van der Waals surface area contributed by atoms with E-state index < -0.39 is 0 Å². The molecule has 0 radical (unpaired) electrons. The molecule has 1 aromatic heterocycles. The van der Waals surface area contributed by atoms with Gasteiger partial charge in [0.15, 0.2) is 0 Å². The van der Waals surface area contributed by atoms with Gasteiger partial charge in [-0.2, -0.15) is 0 Å². The molecule has 2 unspecified atom stereocenters. The normalized spacial score (nSPS) is 21.9. The Morgan fingerprint density at radius 1 is 1.37 bits per heavy atom. The monoisotopic (exact) mass is 273 g/mol. The topological polar surface area (TPSA) is 42.2 Å². The third-order valence-electron chi connectivity index (χ3n) is 4.00. The molecule has 1 aliphatic carbocycles. The highest BCUT2D eigenvalue weighted by Crippen LogP contribution is 2.40. The highest BCUT2D eigenvalue weighted by atomic mass is 32.1. The summed E-state index contributed by atoms with van der Waals surface area (Å²) in [4.78, 5) is 8.07. The van der Waals surface area contributed by atoms with E-state index >= 15 is 0 Å². The van der Waals surface area contributed by atoms with E-state index in [-0.39, 0.29) is 6.04 Å². The first kappa shape index (κ1) is 12.8. The predicted molar refractivity (Wildman–Crippen MR) is 79.0 cm³/mol. The molecule has 0 aliphatic heterocycles. The van der Waals surface area contributed by atoms with Crippen LogP contribution in [0.4, 0.5) is 0 Å². The number of fused-ring (bicyclic) bond motifs is 1. The van der Waals surface area contributed by atoms with Crippen LogP contribution in [-0.4, -0.2) is 16.9 Å². The van der Waals surface area contributed by atoms with Crippen molar-refractivity contribution in [3.63, 3.8) is 0 Å². The molecule has 0 spiro atoms. The lowest BCUT2D eigenvalue weighted by Crippen LogP contribution is -2.23. The van der Waals surface area contributed by atoms with Crippen LogP contribution in [0.1, 0.15) is 40.2 Å². The maximum absolute atomic E-state index is 6.24. The van der Waals surface area contributed by atoms with Crippen molar-refractivity contribution in [2.45, 2.75) is 32.0 Å². The first-order valence-corrected chi connectivity index (χ1v) is 7.48. The maximum Gasteiger partial charge on any atom is 0.0798 e. The maximum atomic E-state index is 6.24. The number of rotatable bonds is 3. The fourth-order valence-electron chi connectivity index (χ4n) is 2.88. The molecule has 2 N–H and O–H groups in total. The zero-order valence-corrected chi connectivity index (χ0v) is 12.2. The molecule has 1 aliphatic rings. The van der Waals surface area contributed by atoms with Gasteiger partial charge in [0.1, 0.15) is 0 Å². The molecular formula is C15H19N3S. The number of nitrogens with two attached hydrogens (primary N) is 1. The highest BCUT2D eigenvalue weighted by Gasteiger charge is 2.31. The second-order valence-corrected chi connectivity index (χ2v) is 6.20. The Morgan fingerprint density at radius 2 is 2.11 bits per heavy atom. The quantitative estimate of drug-likeness (QED) is 0.934. The van der Waals surface area contributed by atoms with Crippen LogP contribution in [-0.2, 0) is 6.54 Å². The van der Waals surface area contributed by atoms with Crippen molar-refractivity contribution in [2.75, 3.05) is 7.05 Å². The summed E-state index contributed by atoms with van der Waals surface area (Å²) in [6, 6.07) is 9.15. The summed E-state index contributed by atoms with van der Waals surface area (Å²) in [6.45, 7) is 3.02. The Bertz CT molecular complexity index is 578. The summed E-state index contributed by atoms with van der Waals surface area (Å²) in [5.41, 5.74) is 12.0. The molecule has 0 amide bonds. The number of nitrogens with zero attached hydrogens (tertiary/aromatic N) is 2. The van der Waals surface area contributed by atoms with Crippen molar-refractivity contribution in [3.8, 4) is 0 Å². The number of benzene rings is 1. The van der Waals surface area contributed by atoms with Crippen LogP contribution < -0.4 is 5.73 Å². The molecule has 0 saturated carbocycles. The van der Waals surface area contributed by atoms with Crippen molar-refractivity contribution in [1.82, 2.24) is 9.88 Å². The third kappa shape index (κ3) is 2.31. The minimum atomic E-state index is 0.172. The summed E-state index contributed by atoms with van der Waals surface area (Å²) in [7, 11) is 2.18. The van der Waals surface area contributed by atoms with Crippen LogP contribution in [0.2, 0.25) is 0 Å². The predicted octanol–water partition coefficient (Wildman–Crippen LogP) is 3.03. The van der Waals surface area contributed by atoms with E-state index in [1.807, 2.05) is 5.51 Å². The standard InChI is InChI=1S/C15H19N3S/c1-10-15(19-9-17-10)8-18(2)14-7-13(16)11-5-3-4-6-12(11)14/h3-6,9,13-14H,7-8,16H2,1-2H3. The summed E-state index contributed by atoms with van der Waals surface area (Å²) in [5, 5.41) is 0. The minimum absolute atomic E-state index is 0.172. The summed E-state index contributed by atoms with van der Waals surface area (Å²) >= 11 is 1.73. The zero-order valence-electron chi connectivity index (χ0n) is 11.3. The Kier molecular flexibility index (Phi) is 3.39. The van der Waals surface area contributed by atoms with E-state index in [9.17, 15) is 0 Å². The number of aryl methyl sites for hydroxylation is 1. The number of thiazole rings is 1. The average molecular weight is 273 g/mol. The lowest BCUT2D eigenvalue weighted by atomic mass is 10.1. The van der Waals surface area contributed by atoms with Gasteiger partial charge in [0.2, 0.25) is 0 Å². The van der Waals surface area contributed by atoms with Gasteiger partial charge in [-0.15, -0.1) is 11.3 Å². The van der Waals surface area contributed by atoms with Gasteiger partial charge in [0, 0.05) is 23.5 Å². The molecule has 100 valence electrons. The first-order chi connectivity index (χ1) is 9.16. The molecule has 2 aromatic rings. The van der Waals surface area contributed by atoms with E-state index in [0.29, 0.717) is 6.04 Å². The Hall–Kier alpha value is -1.23. The number of aromatic nitrogens is 1. The van der Waals surface area contributed by atoms with Gasteiger partial charge in [-0.05, 0) is 31.5 Å². The summed E-state index contributed by atoms with van der Waals surface area (Å²) in [5.74, 6) is 0. The fraction of sp³-hybridized carbons (Fsp3) is 0.400. The van der Waals surface area contributed by atoms with Gasteiger partial charge in [-0.25, -0.2) is 4.98 Å². The van der Waals surface area contributed by atoms with Gasteiger partial charge in [0.25, 0.3) is 0 Å². The molecular weight excluding hydrogens is 254 g/mol. The molecule has 2 atom stereocenters. The highest BCUT2D eigenvalue weighted by molar-refractivity contribution is 7.09. The van der Waals surface area contributed by atoms with Gasteiger partial charge < -0.3 is 5.73 Å². The van der Waals surface area contributed by atoms with Gasteiger partial charge >= 0.3 is 0 Å². The Balaban J connectivity index is 1.82. The Labute approximate surface area is 118 Å². The minimum Gasteiger partial charge on any atom is -0.324 e. The van der Waals surface area contributed by atoms with Crippen molar-refractivity contribution < 1.29 is 0 Å². The first-order valence-electron chi connectivity index (χ1n) is 6.60. The second kappa shape index (κ2) is 5.04. The van der Waals surface area contributed by atoms with Gasteiger partial charge in [-0.1, -0.05) is 24.3 Å². The van der Waals surface area contributed by atoms with Gasteiger partial charge in [0.05, 0.1) is 11.2 Å². The van der Waals surface area contributed by atoms with Crippen LogP contribution in [0.5, 0.6) is 0 Å². The van der Waals surface area contributed by atoms with Crippen LogP contribution in [0.25, 0.3) is 0 Å². The molecule has 1 aromatic carbocycles. The molecule has 4 heteroatoms. The SMILES string of the molecule is Cc1ncsc1CN(C)C1CC(N)c2ccccc21. The molecule has 0 saturated heterocycles. The van der Waals surface area contributed by atoms with Crippen molar-refractivity contribution >= 4 is 11.3 Å². The lowest BCUT2D eigenvalue weighted by molar-refractivity contribution is 0.231. The van der Waals surface area contributed by atoms with E-state index in [4.69, 9.17) is 5.73 Å². The zero-order chi connectivity index (χ0) is 13.4. The van der Waals surface area contributed by atoms with E-state index in [2.05, 4.69) is 48.1 Å². The fourth-order valence-corrected chi connectivity index (χ4v) is 3.72. The molecule has 3 nitrogen and oxygen atoms in total.